The smallest absolute Gasteiger partial charge is 0.327 e. The van der Waals surface area contributed by atoms with Crippen molar-refractivity contribution in [3.05, 3.63) is 62.6 Å². The van der Waals surface area contributed by atoms with E-state index < -0.39 is 47.8 Å². The van der Waals surface area contributed by atoms with E-state index in [1.807, 2.05) is 6.92 Å². The highest BCUT2D eigenvalue weighted by Gasteiger charge is 2.69. The van der Waals surface area contributed by atoms with Crippen molar-refractivity contribution < 1.29 is 24.6 Å². The molecule has 2 fully saturated rings. The number of benzene rings is 2. The van der Waals surface area contributed by atoms with Crippen molar-refractivity contribution in [1.29, 1.82) is 0 Å². The van der Waals surface area contributed by atoms with E-state index in [-0.39, 0.29) is 20.6 Å². The minimum absolute atomic E-state index is 0.0810. The zero-order valence-electron chi connectivity index (χ0n) is 16.8. The van der Waals surface area contributed by atoms with Crippen LogP contribution in [0.3, 0.4) is 0 Å². The largest absolute Gasteiger partial charge is 0.480 e. The van der Waals surface area contributed by atoms with Crippen LogP contribution in [0.2, 0.25) is 15.1 Å². The van der Waals surface area contributed by atoms with Crippen molar-refractivity contribution >= 4 is 58.3 Å². The Bertz CT molecular complexity index is 1120. The molecule has 4 unspecified atom stereocenters. The predicted octanol–water partition coefficient (Wildman–Crippen LogP) is 3.48. The molecule has 0 bridgehead atoms. The van der Waals surface area contributed by atoms with Crippen LogP contribution in [-0.4, -0.2) is 40.1 Å². The summed E-state index contributed by atoms with van der Waals surface area (Å²) in [5.74, 6) is -5.25. The van der Waals surface area contributed by atoms with Gasteiger partial charge in [0.1, 0.15) is 0 Å². The van der Waals surface area contributed by atoms with E-state index in [1.54, 1.807) is 24.3 Å². The predicted molar refractivity (Wildman–Crippen MR) is 120 cm³/mol. The number of carbonyl (C=O) groups is 3. The summed E-state index contributed by atoms with van der Waals surface area (Å²) in [4.78, 5) is 40.2. The lowest BCUT2D eigenvalue weighted by molar-refractivity contribution is -0.150. The zero-order valence-corrected chi connectivity index (χ0v) is 19.1. The molecule has 2 saturated heterocycles. The van der Waals surface area contributed by atoms with Crippen molar-refractivity contribution in [1.82, 2.24) is 5.32 Å². The van der Waals surface area contributed by atoms with E-state index in [2.05, 4.69) is 5.32 Å². The maximum atomic E-state index is 13.5. The zero-order chi connectivity index (χ0) is 23.4. The third-order valence-corrected chi connectivity index (χ3v) is 7.28. The number of fused-ring (bicyclic) bond motifs is 1. The molecule has 2 aliphatic heterocycles. The maximum absolute atomic E-state index is 13.5. The SMILES string of the molecule is CCc1ccc(N2C(=O)C3C(c4cc(Cl)cc(Cl)c4Cl)NC(CO)(C(=O)O)C3C2=O)cc1. The van der Waals surface area contributed by atoms with Gasteiger partial charge in [-0.25, -0.2) is 4.90 Å². The standard InChI is InChI=1S/C22H19Cl3N2O5/c1-2-10-3-5-12(6-4-10)27-19(29)15-16(20(27)30)22(9-28,21(31)32)26-18(15)13-7-11(23)8-14(24)17(13)25/h3-8,15-16,18,26,28H,2,9H2,1H3,(H,31,32). The number of carboxylic acid groups (broad SMARTS) is 1. The first kappa shape index (κ1) is 23.0. The molecule has 2 aromatic rings. The minimum Gasteiger partial charge on any atom is -0.480 e. The van der Waals surface area contributed by atoms with Crippen molar-refractivity contribution in [2.24, 2.45) is 11.8 Å². The number of hydrogen-bond donors (Lipinski definition) is 3. The average molecular weight is 498 g/mol. The fraction of sp³-hybridized carbons (Fsp3) is 0.318. The van der Waals surface area contributed by atoms with Crippen LogP contribution >= 0.6 is 34.8 Å². The number of halogens is 3. The Morgan fingerprint density at radius 3 is 2.34 bits per heavy atom. The van der Waals surface area contributed by atoms with Crippen LogP contribution in [0.5, 0.6) is 0 Å². The van der Waals surface area contributed by atoms with Crippen LogP contribution in [-0.2, 0) is 20.8 Å². The first-order valence-electron chi connectivity index (χ1n) is 9.89. The summed E-state index contributed by atoms with van der Waals surface area (Å²) < 4.78 is 0. The van der Waals surface area contributed by atoms with Gasteiger partial charge in [0.05, 0.1) is 34.2 Å². The molecule has 0 aliphatic carbocycles. The fourth-order valence-corrected chi connectivity index (χ4v) is 5.35. The highest BCUT2D eigenvalue weighted by molar-refractivity contribution is 6.43. The minimum atomic E-state index is -2.09. The molecule has 0 saturated carbocycles. The Balaban J connectivity index is 1.87. The summed E-state index contributed by atoms with van der Waals surface area (Å²) in [5.41, 5.74) is -0.459. The summed E-state index contributed by atoms with van der Waals surface area (Å²) in [6, 6.07) is 8.75. The van der Waals surface area contributed by atoms with Gasteiger partial charge >= 0.3 is 5.97 Å². The summed E-state index contributed by atoms with van der Waals surface area (Å²) >= 11 is 18.7. The number of aliphatic carboxylic acids is 1. The lowest BCUT2D eigenvalue weighted by Crippen LogP contribution is -2.58. The van der Waals surface area contributed by atoms with Crippen molar-refractivity contribution in [3.63, 3.8) is 0 Å². The topological polar surface area (TPSA) is 107 Å². The molecule has 0 aromatic heterocycles. The van der Waals surface area contributed by atoms with Gasteiger partial charge in [-0.2, -0.15) is 0 Å². The maximum Gasteiger partial charge on any atom is 0.327 e. The summed E-state index contributed by atoms with van der Waals surface area (Å²) in [6.07, 6.45) is 0.778. The van der Waals surface area contributed by atoms with E-state index in [0.717, 1.165) is 16.9 Å². The monoisotopic (exact) mass is 496 g/mol. The number of nitrogens with zero attached hydrogens (tertiary/aromatic N) is 1. The highest BCUT2D eigenvalue weighted by Crippen LogP contribution is 2.51. The molecule has 0 spiro atoms. The number of aryl methyl sites for hydroxylation is 1. The number of imide groups is 1. The van der Waals surface area contributed by atoms with E-state index in [0.29, 0.717) is 5.69 Å². The van der Waals surface area contributed by atoms with Gasteiger partial charge in [0.2, 0.25) is 11.8 Å². The molecule has 32 heavy (non-hydrogen) atoms. The molecule has 4 rings (SSSR count). The lowest BCUT2D eigenvalue weighted by atomic mass is 9.79. The van der Waals surface area contributed by atoms with Gasteiger partial charge in [0.15, 0.2) is 5.54 Å². The van der Waals surface area contributed by atoms with E-state index in [1.165, 1.54) is 12.1 Å². The molecular weight excluding hydrogens is 479 g/mol. The summed E-state index contributed by atoms with van der Waals surface area (Å²) in [7, 11) is 0. The molecule has 4 atom stereocenters. The third-order valence-electron chi connectivity index (χ3n) is 6.24. The Hall–Kier alpha value is -2.16. The summed E-state index contributed by atoms with van der Waals surface area (Å²) in [6.45, 7) is 1.07. The Kier molecular flexibility index (Phi) is 5.98. The van der Waals surface area contributed by atoms with Crippen molar-refractivity contribution in [2.45, 2.75) is 24.9 Å². The number of hydrogen-bond acceptors (Lipinski definition) is 5. The van der Waals surface area contributed by atoms with E-state index in [4.69, 9.17) is 34.8 Å². The Morgan fingerprint density at radius 1 is 1.12 bits per heavy atom. The molecule has 2 aliphatic rings. The number of anilines is 1. The fourth-order valence-electron chi connectivity index (χ4n) is 4.62. The van der Waals surface area contributed by atoms with Gasteiger partial charge in [0, 0.05) is 11.1 Å². The lowest BCUT2D eigenvalue weighted by Gasteiger charge is -2.29. The second-order valence-electron chi connectivity index (χ2n) is 7.88. The van der Waals surface area contributed by atoms with Crippen LogP contribution in [0.1, 0.15) is 24.1 Å². The van der Waals surface area contributed by atoms with E-state index in [9.17, 15) is 24.6 Å². The Labute approximate surface area is 198 Å². The number of carbonyl (C=O) groups excluding carboxylic acids is 2. The molecular formula is C22H19Cl3N2O5. The normalized spacial score (nSPS) is 27.2. The highest BCUT2D eigenvalue weighted by atomic mass is 35.5. The summed E-state index contributed by atoms with van der Waals surface area (Å²) in [5, 5.41) is 23.3. The number of aliphatic hydroxyl groups excluding tert-OH is 1. The molecule has 2 heterocycles. The van der Waals surface area contributed by atoms with Gasteiger partial charge in [-0.3, -0.25) is 19.7 Å². The molecule has 2 aromatic carbocycles. The van der Waals surface area contributed by atoms with Gasteiger partial charge in [-0.1, -0.05) is 53.9 Å². The van der Waals surface area contributed by atoms with Crippen molar-refractivity contribution in [2.75, 3.05) is 11.5 Å². The van der Waals surface area contributed by atoms with Crippen LogP contribution in [0.15, 0.2) is 36.4 Å². The van der Waals surface area contributed by atoms with Crippen LogP contribution < -0.4 is 10.2 Å². The molecule has 3 N–H and O–H groups in total. The van der Waals surface area contributed by atoms with Crippen molar-refractivity contribution in [3.8, 4) is 0 Å². The number of nitrogens with one attached hydrogen (secondary N) is 1. The number of amides is 2. The van der Waals surface area contributed by atoms with Gasteiger partial charge in [-0.05, 0) is 41.8 Å². The molecule has 10 heteroatoms. The molecule has 2 amide bonds. The van der Waals surface area contributed by atoms with Crippen LogP contribution in [0.25, 0.3) is 0 Å². The second-order valence-corrected chi connectivity index (χ2v) is 9.10. The third kappa shape index (κ3) is 3.31. The number of carboxylic acids is 1. The second kappa shape index (κ2) is 8.32. The quantitative estimate of drug-likeness (QED) is 0.431. The average Bonchev–Trinajstić information content (AvgIpc) is 3.25. The Morgan fingerprint density at radius 2 is 1.78 bits per heavy atom. The number of rotatable bonds is 5. The van der Waals surface area contributed by atoms with Gasteiger partial charge < -0.3 is 10.2 Å². The van der Waals surface area contributed by atoms with Crippen LogP contribution in [0, 0.1) is 11.8 Å². The van der Waals surface area contributed by atoms with E-state index >= 15 is 0 Å². The first-order chi connectivity index (χ1) is 15.2. The first-order valence-corrected chi connectivity index (χ1v) is 11.0. The van der Waals surface area contributed by atoms with Gasteiger partial charge in [-0.15, -0.1) is 0 Å². The van der Waals surface area contributed by atoms with Gasteiger partial charge in [0.25, 0.3) is 0 Å². The molecule has 168 valence electrons. The van der Waals surface area contributed by atoms with Crippen LogP contribution in [0.4, 0.5) is 5.69 Å². The number of aliphatic hydroxyl groups is 1. The molecule has 0 radical (unpaired) electrons. The molecule has 7 nitrogen and oxygen atoms in total.